The van der Waals surface area contributed by atoms with E-state index in [1.807, 2.05) is 0 Å². The second-order valence-corrected chi connectivity index (χ2v) is 15.2. The first kappa shape index (κ1) is 23.8. The maximum atomic E-state index is 12.7. The summed E-state index contributed by atoms with van der Waals surface area (Å²) in [7, 11) is 0. The minimum Gasteiger partial charge on any atom is -0.481 e. The van der Waals surface area contributed by atoms with Crippen LogP contribution in [-0.2, 0) is 4.79 Å². The van der Waals surface area contributed by atoms with Gasteiger partial charge in [-0.2, -0.15) is 0 Å². The van der Waals surface area contributed by atoms with Gasteiger partial charge in [0.2, 0.25) is 0 Å². The van der Waals surface area contributed by atoms with E-state index in [1.54, 1.807) is 0 Å². The Morgan fingerprint density at radius 2 is 1.59 bits per heavy atom. The van der Waals surface area contributed by atoms with Gasteiger partial charge < -0.3 is 15.3 Å². The number of carboxylic acids is 1. The molecule has 0 spiro atoms. The van der Waals surface area contributed by atoms with Crippen LogP contribution in [0.5, 0.6) is 0 Å². The highest BCUT2D eigenvalue weighted by Crippen LogP contribution is 2.90. The molecule has 3 N–H and O–H groups in total. The fourth-order valence-electron chi connectivity index (χ4n) is 12.6. The van der Waals surface area contributed by atoms with Crippen LogP contribution in [0.25, 0.3) is 0 Å². The number of rotatable bonds is 1. The molecule has 0 unspecified atom stereocenters. The predicted octanol–water partition coefficient (Wildman–Crippen LogP) is 5.75. The summed E-state index contributed by atoms with van der Waals surface area (Å²) in [6.45, 7) is 14.2. The lowest BCUT2D eigenvalue weighted by atomic mass is 9.35. The molecule has 0 heterocycles. The van der Waals surface area contributed by atoms with E-state index in [4.69, 9.17) is 0 Å². The van der Waals surface area contributed by atoms with Crippen LogP contribution in [0.4, 0.5) is 0 Å². The third-order valence-electron chi connectivity index (χ3n) is 14.4. The summed E-state index contributed by atoms with van der Waals surface area (Å²) in [6.07, 6.45) is 8.40. The van der Waals surface area contributed by atoms with Gasteiger partial charge in [-0.25, -0.2) is 0 Å². The van der Waals surface area contributed by atoms with Crippen molar-refractivity contribution >= 4 is 5.97 Å². The van der Waals surface area contributed by atoms with E-state index < -0.39 is 5.97 Å². The van der Waals surface area contributed by atoms with E-state index in [0.29, 0.717) is 29.6 Å². The van der Waals surface area contributed by atoms with Gasteiger partial charge in [-0.1, -0.05) is 48.0 Å². The van der Waals surface area contributed by atoms with Crippen molar-refractivity contribution in [3.63, 3.8) is 0 Å². The molecule has 192 valence electrons. The molecular formula is C30H48O4. The molecule has 0 saturated heterocycles. The molecule has 0 bridgehead atoms. The molecular weight excluding hydrogens is 424 g/mol. The van der Waals surface area contributed by atoms with Gasteiger partial charge in [-0.3, -0.25) is 4.79 Å². The van der Waals surface area contributed by atoms with Crippen LogP contribution in [0, 0.1) is 68.5 Å². The van der Waals surface area contributed by atoms with Gasteiger partial charge in [0.05, 0.1) is 18.1 Å². The summed E-state index contributed by atoms with van der Waals surface area (Å²) in [5, 5.41) is 33.5. The first-order chi connectivity index (χ1) is 15.8. The lowest BCUT2D eigenvalue weighted by Gasteiger charge is -2.70. The molecule has 0 aliphatic heterocycles. The fourth-order valence-corrected chi connectivity index (χ4v) is 12.6. The van der Waals surface area contributed by atoms with Gasteiger partial charge in [0, 0.05) is 5.41 Å². The average molecular weight is 473 g/mol. The van der Waals surface area contributed by atoms with Crippen molar-refractivity contribution < 1.29 is 20.1 Å². The average Bonchev–Trinajstić information content (AvgIpc) is 3.48. The van der Waals surface area contributed by atoms with E-state index in [0.717, 1.165) is 57.8 Å². The van der Waals surface area contributed by atoms with Crippen LogP contribution in [-0.4, -0.2) is 33.5 Å². The van der Waals surface area contributed by atoms with E-state index in [-0.39, 0.29) is 51.1 Å². The smallest absolute Gasteiger partial charge is 0.306 e. The van der Waals surface area contributed by atoms with Crippen molar-refractivity contribution in [1.29, 1.82) is 0 Å². The summed E-state index contributed by atoms with van der Waals surface area (Å²) >= 11 is 0. The van der Waals surface area contributed by atoms with Crippen molar-refractivity contribution in [1.82, 2.24) is 0 Å². The molecule has 6 aliphatic carbocycles. The maximum absolute atomic E-state index is 12.7. The highest BCUT2D eigenvalue weighted by molar-refractivity contribution is 5.71. The monoisotopic (exact) mass is 472 g/mol. The van der Waals surface area contributed by atoms with Crippen LogP contribution in [0.1, 0.15) is 99.3 Å². The largest absolute Gasteiger partial charge is 0.481 e. The van der Waals surface area contributed by atoms with Crippen molar-refractivity contribution in [2.75, 3.05) is 0 Å². The molecule has 6 saturated carbocycles. The number of aliphatic hydroxyl groups is 2. The Hall–Kier alpha value is -0.610. The molecule has 6 aliphatic rings. The number of fused-ring (bicyclic) bond motifs is 4. The normalized spacial score (nSPS) is 61.7. The second-order valence-electron chi connectivity index (χ2n) is 15.2. The number of aliphatic hydroxyl groups excluding tert-OH is 2. The van der Waals surface area contributed by atoms with E-state index >= 15 is 0 Å². The van der Waals surface area contributed by atoms with E-state index in [1.165, 1.54) is 0 Å². The zero-order chi connectivity index (χ0) is 24.6. The summed E-state index contributed by atoms with van der Waals surface area (Å²) in [6, 6.07) is 0. The van der Waals surface area contributed by atoms with Gasteiger partial charge in [0.15, 0.2) is 0 Å². The zero-order valence-electron chi connectivity index (χ0n) is 22.3. The SMILES string of the molecule is C[C@@H]1[C@@H]2[C@@H](CC[C@H]1C)[C@@H](C(=O)O)C[C@]13C[C@]21[C@H](O)C[C@@H]1[C@@]2(C)CC[C@H](O)C(C)(C)[C@@H]2CC[C@]13C. The molecule has 6 fully saturated rings. The quantitative estimate of drug-likeness (QED) is 0.454. The van der Waals surface area contributed by atoms with E-state index in [2.05, 4.69) is 41.5 Å². The Labute approximate surface area is 206 Å². The zero-order valence-corrected chi connectivity index (χ0v) is 22.3. The van der Waals surface area contributed by atoms with Crippen LogP contribution in [0.2, 0.25) is 0 Å². The minimum absolute atomic E-state index is 0.0357. The highest BCUT2D eigenvalue weighted by Gasteiger charge is 2.87. The number of carbonyl (C=O) groups is 1. The molecule has 0 radical (unpaired) electrons. The Kier molecular flexibility index (Phi) is 4.77. The minimum atomic E-state index is -0.589. The van der Waals surface area contributed by atoms with Crippen LogP contribution in [0.15, 0.2) is 0 Å². The number of carboxylic acid groups (broad SMARTS) is 1. The van der Waals surface area contributed by atoms with Gasteiger partial charge in [0.25, 0.3) is 0 Å². The number of aliphatic carboxylic acids is 1. The predicted molar refractivity (Wildman–Crippen MR) is 132 cm³/mol. The lowest BCUT2D eigenvalue weighted by Crippen LogP contribution is -2.66. The van der Waals surface area contributed by atoms with Crippen LogP contribution >= 0.6 is 0 Å². The molecule has 4 nitrogen and oxygen atoms in total. The third kappa shape index (κ3) is 2.42. The summed E-state index contributed by atoms with van der Waals surface area (Å²) in [5.74, 6) is 1.66. The molecule has 0 aromatic carbocycles. The first-order valence-corrected chi connectivity index (χ1v) is 14.4. The summed E-state index contributed by atoms with van der Waals surface area (Å²) < 4.78 is 0. The molecule has 4 heteroatoms. The van der Waals surface area contributed by atoms with E-state index in [9.17, 15) is 20.1 Å². The summed E-state index contributed by atoms with van der Waals surface area (Å²) in [4.78, 5) is 12.7. The third-order valence-corrected chi connectivity index (χ3v) is 14.4. The van der Waals surface area contributed by atoms with Gasteiger partial charge in [-0.05, 0) is 109 Å². The lowest BCUT2D eigenvalue weighted by molar-refractivity contribution is -0.245. The Morgan fingerprint density at radius 1 is 0.882 bits per heavy atom. The summed E-state index contributed by atoms with van der Waals surface area (Å²) in [5.41, 5.74) is -0.0400. The van der Waals surface area contributed by atoms with Gasteiger partial charge in [-0.15, -0.1) is 0 Å². The Bertz CT molecular complexity index is 898. The van der Waals surface area contributed by atoms with Crippen LogP contribution < -0.4 is 0 Å². The van der Waals surface area contributed by atoms with Crippen LogP contribution in [0.3, 0.4) is 0 Å². The van der Waals surface area contributed by atoms with Crippen molar-refractivity contribution in [2.24, 2.45) is 68.5 Å². The molecule has 6 rings (SSSR count). The van der Waals surface area contributed by atoms with Crippen molar-refractivity contribution in [3.8, 4) is 0 Å². The van der Waals surface area contributed by atoms with Crippen molar-refractivity contribution in [2.45, 2.75) is 112 Å². The van der Waals surface area contributed by atoms with Gasteiger partial charge in [0.1, 0.15) is 0 Å². The maximum Gasteiger partial charge on any atom is 0.306 e. The topological polar surface area (TPSA) is 77.8 Å². The number of hydrogen-bond acceptors (Lipinski definition) is 3. The molecule has 13 atom stereocenters. The second kappa shape index (κ2) is 6.82. The van der Waals surface area contributed by atoms with Crippen molar-refractivity contribution in [3.05, 3.63) is 0 Å². The number of hydrogen-bond donors (Lipinski definition) is 3. The molecule has 34 heavy (non-hydrogen) atoms. The Morgan fingerprint density at radius 3 is 2.26 bits per heavy atom. The standard InChI is InChI=1S/C30H48O4/c1-16-7-8-18-19(25(33)34)14-29-15-30(29,24(18)17(16)2)23(32)13-21-27(5)11-10-22(31)26(3,4)20(27)9-12-28(21,29)6/h16-24,31-32H,7-15H2,1-6H3,(H,33,34)/t16-,17+,18+,19+,20+,21-,22+,23-,24-,27+,28-,29-,30+/m1/s1. The molecule has 0 aromatic rings. The molecule has 0 aromatic heterocycles. The fraction of sp³-hybridized carbons (Fsp3) is 0.967. The Balaban J connectivity index is 1.47. The molecule has 0 amide bonds. The van der Waals surface area contributed by atoms with Gasteiger partial charge >= 0.3 is 5.97 Å². The first-order valence-electron chi connectivity index (χ1n) is 14.4. The highest BCUT2D eigenvalue weighted by atomic mass is 16.4.